The van der Waals surface area contributed by atoms with Crippen LogP contribution in [-0.4, -0.2) is 37.7 Å². The van der Waals surface area contributed by atoms with Crippen LogP contribution < -0.4 is 5.73 Å². The minimum Gasteiger partial charge on any atom is -0.394 e. The van der Waals surface area contributed by atoms with Crippen LogP contribution in [0.4, 0.5) is 0 Å². The van der Waals surface area contributed by atoms with Gasteiger partial charge in [0.25, 0.3) is 0 Å². The fourth-order valence-corrected chi connectivity index (χ4v) is 3.25. The number of hydrogen-bond acceptors (Lipinski definition) is 5. The molecule has 0 aliphatic rings. The molecule has 1 atom stereocenters. The molecule has 0 spiro atoms. The summed E-state index contributed by atoms with van der Waals surface area (Å²) in [5, 5.41) is 9.22. The average molecular weight is 317 g/mol. The molecule has 20 heavy (non-hydrogen) atoms. The monoisotopic (exact) mass is 317 g/mol. The lowest BCUT2D eigenvalue weighted by molar-refractivity contribution is 0.182. The van der Waals surface area contributed by atoms with Crippen LogP contribution in [-0.2, 0) is 9.84 Å². The van der Waals surface area contributed by atoms with Gasteiger partial charge in [-0.3, -0.25) is 0 Å². The smallest absolute Gasteiger partial charge is 0.175 e. The fraction of sp³-hybridized carbons (Fsp3) is 0.571. The van der Waals surface area contributed by atoms with E-state index in [1.807, 2.05) is 19.1 Å². The largest absolute Gasteiger partial charge is 0.394 e. The maximum absolute atomic E-state index is 11.3. The Morgan fingerprint density at radius 2 is 1.90 bits per heavy atom. The van der Waals surface area contributed by atoms with Crippen molar-refractivity contribution in [1.82, 2.24) is 0 Å². The topological polar surface area (TPSA) is 80.4 Å². The van der Waals surface area contributed by atoms with E-state index < -0.39 is 15.4 Å². The maximum Gasteiger partial charge on any atom is 0.175 e. The lowest BCUT2D eigenvalue weighted by Gasteiger charge is -2.25. The Labute approximate surface area is 125 Å². The Morgan fingerprint density at radius 3 is 2.35 bits per heavy atom. The van der Waals surface area contributed by atoms with Crippen LogP contribution in [0.15, 0.2) is 34.1 Å². The molecule has 0 heterocycles. The molecule has 0 bridgehead atoms. The first kappa shape index (κ1) is 17.5. The van der Waals surface area contributed by atoms with Gasteiger partial charge in [0.15, 0.2) is 9.84 Å². The number of benzene rings is 1. The van der Waals surface area contributed by atoms with E-state index in [0.717, 1.165) is 29.9 Å². The van der Waals surface area contributed by atoms with Crippen molar-refractivity contribution in [3.05, 3.63) is 24.3 Å². The van der Waals surface area contributed by atoms with Gasteiger partial charge in [0.2, 0.25) is 0 Å². The number of rotatable bonds is 8. The van der Waals surface area contributed by atoms with Crippen molar-refractivity contribution in [3.63, 3.8) is 0 Å². The molecule has 114 valence electrons. The molecule has 1 aromatic carbocycles. The predicted octanol–water partition coefficient (Wildman–Crippen LogP) is 2.06. The third kappa shape index (κ3) is 5.44. The third-order valence-corrected chi connectivity index (χ3v) is 5.59. The van der Waals surface area contributed by atoms with E-state index in [1.165, 1.54) is 6.26 Å². The van der Waals surface area contributed by atoms with Crippen LogP contribution in [0.1, 0.15) is 26.2 Å². The molecule has 3 N–H and O–H groups in total. The van der Waals surface area contributed by atoms with Crippen LogP contribution in [0.2, 0.25) is 0 Å². The minimum absolute atomic E-state index is 0.0111. The summed E-state index contributed by atoms with van der Waals surface area (Å²) < 4.78 is 22.7. The molecule has 0 aromatic heterocycles. The van der Waals surface area contributed by atoms with E-state index in [1.54, 1.807) is 23.9 Å². The van der Waals surface area contributed by atoms with E-state index in [-0.39, 0.29) is 6.61 Å². The summed E-state index contributed by atoms with van der Waals surface area (Å²) in [4.78, 5) is 1.38. The zero-order valence-corrected chi connectivity index (χ0v) is 13.6. The third-order valence-electron chi connectivity index (χ3n) is 3.36. The highest BCUT2D eigenvalue weighted by molar-refractivity contribution is 7.99. The first-order chi connectivity index (χ1) is 9.30. The van der Waals surface area contributed by atoms with Crippen molar-refractivity contribution in [1.29, 1.82) is 0 Å². The van der Waals surface area contributed by atoms with Gasteiger partial charge in [0.1, 0.15) is 0 Å². The predicted molar refractivity (Wildman–Crippen MR) is 83.8 cm³/mol. The van der Waals surface area contributed by atoms with Gasteiger partial charge >= 0.3 is 0 Å². The molecule has 1 rings (SSSR count). The van der Waals surface area contributed by atoms with Gasteiger partial charge in [-0.25, -0.2) is 8.42 Å². The quantitative estimate of drug-likeness (QED) is 0.567. The summed E-state index contributed by atoms with van der Waals surface area (Å²) in [6.45, 7) is 1.99. The first-order valence-corrected chi connectivity index (χ1v) is 9.51. The van der Waals surface area contributed by atoms with Crippen LogP contribution in [0.3, 0.4) is 0 Å². The minimum atomic E-state index is -3.12. The molecule has 0 fully saturated rings. The Bertz CT molecular complexity index is 508. The summed E-state index contributed by atoms with van der Waals surface area (Å²) in [6, 6.07) is 6.90. The number of aliphatic hydroxyl groups excluding tert-OH is 1. The molecular weight excluding hydrogens is 294 g/mol. The number of sulfone groups is 1. The summed E-state index contributed by atoms with van der Waals surface area (Å²) in [5.41, 5.74) is 5.55. The van der Waals surface area contributed by atoms with Crippen LogP contribution in [0.25, 0.3) is 0 Å². The molecule has 0 amide bonds. The lowest BCUT2D eigenvalue weighted by Crippen LogP contribution is -2.42. The number of aliphatic hydroxyl groups is 1. The molecule has 0 aliphatic carbocycles. The summed E-state index contributed by atoms with van der Waals surface area (Å²) in [6.07, 6.45) is 3.67. The van der Waals surface area contributed by atoms with Gasteiger partial charge in [0, 0.05) is 16.7 Å². The second-order valence-electron chi connectivity index (χ2n) is 5.07. The van der Waals surface area contributed by atoms with Gasteiger partial charge in [-0.15, -0.1) is 11.8 Å². The normalized spacial score (nSPS) is 15.0. The summed E-state index contributed by atoms with van der Waals surface area (Å²) in [7, 11) is -3.12. The second-order valence-corrected chi connectivity index (χ2v) is 8.25. The van der Waals surface area contributed by atoms with Crippen molar-refractivity contribution < 1.29 is 13.5 Å². The van der Waals surface area contributed by atoms with Crippen LogP contribution >= 0.6 is 11.8 Å². The highest BCUT2D eigenvalue weighted by Gasteiger charge is 2.20. The molecule has 0 aliphatic heterocycles. The fourth-order valence-electron chi connectivity index (χ4n) is 1.76. The molecule has 0 saturated carbocycles. The SMILES string of the molecule is CCC(N)(CO)CCCSc1ccc(S(C)(=O)=O)cc1. The van der Waals surface area contributed by atoms with E-state index in [9.17, 15) is 13.5 Å². The van der Waals surface area contributed by atoms with Crippen LogP contribution in [0.5, 0.6) is 0 Å². The first-order valence-electron chi connectivity index (χ1n) is 6.63. The van der Waals surface area contributed by atoms with E-state index in [0.29, 0.717) is 4.90 Å². The number of hydrogen-bond donors (Lipinski definition) is 2. The van der Waals surface area contributed by atoms with Crippen LogP contribution in [0, 0.1) is 0 Å². The summed E-state index contributed by atoms with van der Waals surface area (Å²) >= 11 is 1.67. The van der Waals surface area contributed by atoms with Crippen molar-refractivity contribution in [2.75, 3.05) is 18.6 Å². The average Bonchev–Trinajstić information content (AvgIpc) is 2.43. The molecule has 4 nitrogen and oxygen atoms in total. The standard InChI is InChI=1S/C14H23NO3S2/c1-3-14(15,11-16)9-4-10-19-12-5-7-13(8-6-12)20(2,17)18/h5-8,16H,3-4,9-11,15H2,1-2H3. The van der Waals surface area contributed by atoms with Gasteiger partial charge < -0.3 is 10.8 Å². The Hall–Kier alpha value is -0.560. The highest BCUT2D eigenvalue weighted by Crippen LogP contribution is 2.23. The van der Waals surface area contributed by atoms with Gasteiger partial charge in [-0.2, -0.15) is 0 Å². The molecular formula is C14H23NO3S2. The van der Waals surface area contributed by atoms with E-state index in [2.05, 4.69) is 0 Å². The Kier molecular flexibility index (Phi) is 6.51. The molecule has 6 heteroatoms. The van der Waals surface area contributed by atoms with Gasteiger partial charge in [-0.1, -0.05) is 6.92 Å². The maximum atomic E-state index is 11.3. The lowest BCUT2D eigenvalue weighted by atomic mass is 9.93. The molecule has 0 saturated heterocycles. The van der Waals surface area contributed by atoms with Crippen molar-refractivity contribution in [3.8, 4) is 0 Å². The van der Waals surface area contributed by atoms with E-state index in [4.69, 9.17) is 5.73 Å². The second kappa shape index (κ2) is 7.45. The summed E-state index contributed by atoms with van der Waals surface area (Å²) in [5.74, 6) is 0.900. The highest BCUT2D eigenvalue weighted by atomic mass is 32.2. The zero-order valence-electron chi connectivity index (χ0n) is 12.0. The van der Waals surface area contributed by atoms with Gasteiger partial charge in [-0.05, 0) is 49.3 Å². The molecule has 1 unspecified atom stereocenters. The van der Waals surface area contributed by atoms with E-state index >= 15 is 0 Å². The van der Waals surface area contributed by atoms with Crippen molar-refractivity contribution in [2.45, 2.75) is 41.5 Å². The number of thioether (sulfide) groups is 1. The molecule has 1 aromatic rings. The van der Waals surface area contributed by atoms with Gasteiger partial charge in [0.05, 0.1) is 11.5 Å². The van der Waals surface area contributed by atoms with Crippen molar-refractivity contribution in [2.24, 2.45) is 5.73 Å². The Morgan fingerprint density at radius 1 is 1.30 bits per heavy atom. The number of nitrogens with two attached hydrogens (primary N) is 1. The van der Waals surface area contributed by atoms with Crippen molar-refractivity contribution >= 4 is 21.6 Å². The Balaban J connectivity index is 2.44. The zero-order chi connectivity index (χ0) is 15.2. The molecule has 0 radical (unpaired) electrons.